The Morgan fingerprint density at radius 1 is 1.22 bits per heavy atom. The van der Waals surface area contributed by atoms with Crippen molar-refractivity contribution in [2.75, 3.05) is 13.1 Å². The van der Waals surface area contributed by atoms with Gasteiger partial charge in [0, 0.05) is 35.8 Å². The molecule has 2 heterocycles. The summed E-state index contributed by atoms with van der Waals surface area (Å²) in [6, 6.07) is 6.77. The maximum atomic E-state index is 3.38. The van der Waals surface area contributed by atoms with E-state index in [0.717, 1.165) is 19.5 Å². The summed E-state index contributed by atoms with van der Waals surface area (Å²) in [5, 5.41) is 4.78. The summed E-state index contributed by atoms with van der Waals surface area (Å²) in [5.74, 6) is 0. The molecule has 0 spiro atoms. The smallest absolute Gasteiger partial charge is 0.0488 e. The first-order chi connectivity index (χ1) is 8.68. The first-order valence-corrected chi connectivity index (χ1v) is 6.64. The molecule has 0 amide bonds. The van der Waals surface area contributed by atoms with Gasteiger partial charge >= 0.3 is 0 Å². The standard InChI is InChI=1S/C16H20N2/c1-11-4-5-14-15(10-11)18(3)12(2)16(14)13-6-8-17-9-7-13/h4-6,10,17H,7-9H2,1-3H3. The van der Waals surface area contributed by atoms with Gasteiger partial charge in [0.1, 0.15) is 0 Å². The van der Waals surface area contributed by atoms with E-state index in [0.29, 0.717) is 0 Å². The van der Waals surface area contributed by atoms with Crippen molar-refractivity contribution in [1.29, 1.82) is 0 Å². The minimum atomic E-state index is 0.997. The largest absolute Gasteiger partial charge is 0.347 e. The summed E-state index contributed by atoms with van der Waals surface area (Å²) in [6.45, 7) is 6.48. The molecule has 1 N–H and O–H groups in total. The molecule has 0 saturated heterocycles. The number of fused-ring (bicyclic) bond motifs is 1. The summed E-state index contributed by atoms with van der Waals surface area (Å²) in [6.07, 6.45) is 3.47. The molecule has 1 aromatic heterocycles. The average molecular weight is 240 g/mol. The Kier molecular flexibility index (Phi) is 2.75. The van der Waals surface area contributed by atoms with Crippen molar-refractivity contribution in [2.45, 2.75) is 20.3 Å². The fourth-order valence-corrected chi connectivity index (χ4v) is 2.93. The summed E-state index contributed by atoms with van der Waals surface area (Å²) in [7, 11) is 2.17. The van der Waals surface area contributed by atoms with Crippen LogP contribution in [-0.4, -0.2) is 17.7 Å². The van der Waals surface area contributed by atoms with Crippen molar-refractivity contribution in [1.82, 2.24) is 9.88 Å². The highest BCUT2D eigenvalue weighted by molar-refractivity contribution is 5.95. The summed E-state index contributed by atoms with van der Waals surface area (Å²) >= 11 is 0. The van der Waals surface area contributed by atoms with Crippen molar-refractivity contribution in [3.05, 3.63) is 41.1 Å². The van der Waals surface area contributed by atoms with E-state index in [1.165, 1.54) is 33.3 Å². The molecule has 2 aromatic rings. The molecule has 2 heteroatoms. The zero-order valence-electron chi connectivity index (χ0n) is 11.4. The Bertz CT molecular complexity index is 632. The lowest BCUT2D eigenvalue weighted by Gasteiger charge is -2.14. The molecule has 3 rings (SSSR count). The first kappa shape index (κ1) is 11.5. The molecule has 1 aliphatic heterocycles. The van der Waals surface area contributed by atoms with Gasteiger partial charge in [0.15, 0.2) is 0 Å². The summed E-state index contributed by atoms with van der Waals surface area (Å²) < 4.78 is 2.32. The third kappa shape index (κ3) is 1.68. The van der Waals surface area contributed by atoms with E-state index < -0.39 is 0 Å². The van der Waals surface area contributed by atoms with Crippen molar-refractivity contribution in [2.24, 2.45) is 7.05 Å². The van der Waals surface area contributed by atoms with Crippen molar-refractivity contribution in [3.63, 3.8) is 0 Å². The minimum Gasteiger partial charge on any atom is -0.347 e. The maximum absolute atomic E-state index is 3.38. The molecule has 2 nitrogen and oxygen atoms in total. The fraction of sp³-hybridized carbons (Fsp3) is 0.375. The van der Waals surface area contributed by atoms with Crippen LogP contribution < -0.4 is 5.32 Å². The highest BCUT2D eigenvalue weighted by Crippen LogP contribution is 2.33. The van der Waals surface area contributed by atoms with Gasteiger partial charge < -0.3 is 9.88 Å². The fourth-order valence-electron chi connectivity index (χ4n) is 2.93. The van der Waals surface area contributed by atoms with Gasteiger partial charge in [-0.2, -0.15) is 0 Å². The SMILES string of the molecule is Cc1ccc2c(C3=CCNCC3)c(C)n(C)c2c1. The van der Waals surface area contributed by atoms with Gasteiger partial charge in [-0.3, -0.25) is 0 Å². The van der Waals surface area contributed by atoms with Crippen LogP contribution in [0.1, 0.15) is 23.2 Å². The van der Waals surface area contributed by atoms with Gasteiger partial charge in [-0.05, 0) is 44.0 Å². The van der Waals surface area contributed by atoms with Gasteiger partial charge in [-0.15, -0.1) is 0 Å². The van der Waals surface area contributed by atoms with Gasteiger partial charge in [-0.25, -0.2) is 0 Å². The Morgan fingerprint density at radius 2 is 2.06 bits per heavy atom. The highest BCUT2D eigenvalue weighted by Gasteiger charge is 2.16. The van der Waals surface area contributed by atoms with E-state index in [4.69, 9.17) is 0 Å². The third-order valence-electron chi connectivity index (χ3n) is 4.03. The number of hydrogen-bond donors (Lipinski definition) is 1. The first-order valence-electron chi connectivity index (χ1n) is 6.64. The number of rotatable bonds is 1. The van der Waals surface area contributed by atoms with Crippen molar-refractivity contribution in [3.8, 4) is 0 Å². The molecular formula is C16H20N2. The summed E-state index contributed by atoms with van der Waals surface area (Å²) in [5.41, 5.74) is 7.01. The Balaban J connectivity index is 2.28. The lowest BCUT2D eigenvalue weighted by molar-refractivity contribution is 0.738. The van der Waals surface area contributed by atoms with Crippen LogP contribution in [0.4, 0.5) is 0 Å². The van der Waals surface area contributed by atoms with E-state index in [1.807, 2.05) is 0 Å². The Morgan fingerprint density at radius 3 is 2.78 bits per heavy atom. The van der Waals surface area contributed by atoms with Crippen molar-refractivity contribution >= 4 is 16.5 Å². The lowest BCUT2D eigenvalue weighted by atomic mass is 9.97. The lowest BCUT2D eigenvalue weighted by Crippen LogP contribution is -2.20. The topological polar surface area (TPSA) is 17.0 Å². The predicted molar refractivity (Wildman–Crippen MR) is 77.9 cm³/mol. The second-order valence-corrected chi connectivity index (χ2v) is 5.22. The molecule has 18 heavy (non-hydrogen) atoms. The van der Waals surface area contributed by atoms with Crippen LogP contribution in [0.25, 0.3) is 16.5 Å². The van der Waals surface area contributed by atoms with Crippen LogP contribution in [0, 0.1) is 13.8 Å². The van der Waals surface area contributed by atoms with Gasteiger partial charge in [0.2, 0.25) is 0 Å². The number of aryl methyl sites for hydroxylation is 2. The summed E-state index contributed by atoms with van der Waals surface area (Å²) in [4.78, 5) is 0. The minimum absolute atomic E-state index is 0.997. The molecule has 94 valence electrons. The van der Waals surface area contributed by atoms with Gasteiger partial charge in [0.25, 0.3) is 0 Å². The molecule has 0 atom stereocenters. The normalized spacial score (nSPS) is 16.1. The zero-order valence-corrected chi connectivity index (χ0v) is 11.4. The number of nitrogens with zero attached hydrogens (tertiary/aromatic N) is 1. The molecule has 1 aliphatic rings. The molecule has 0 fully saturated rings. The van der Waals surface area contributed by atoms with E-state index in [9.17, 15) is 0 Å². The molecule has 0 unspecified atom stereocenters. The highest BCUT2D eigenvalue weighted by atomic mass is 14.9. The molecular weight excluding hydrogens is 220 g/mol. The monoisotopic (exact) mass is 240 g/mol. The number of aromatic nitrogens is 1. The quantitative estimate of drug-likeness (QED) is 0.810. The molecule has 0 aliphatic carbocycles. The van der Waals surface area contributed by atoms with E-state index >= 15 is 0 Å². The van der Waals surface area contributed by atoms with Crippen LogP contribution >= 0.6 is 0 Å². The predicted octanol–water partition coefficient (Wildman–Crippen LogP) is 3.17. The Labute approximate surface area is 108 Å². The Hall–Kier alpha value is -1.54. The van der Waals surface area contributed by atoms with E-state index in [-0.39, 0.29) is 0 Å². The number of benzene rings is 1. The maximum Gasteiger partial charge on any atom is 0.0488 e. The van der Waals surface area contributed by atoms with Crippen LogP contribution in [-0.2, 0) is 7.05 Å². The van der Waals surface area contributed by atoms with E-state index in [2.05, 4.69) is 55.1 Å². The van der Waals surface area contributed by atoms with Crippen LogP contribution in [0.15, 0.2) is 24.3 Å². The second-order valence-electron chi connectivity index (χ2n) is 5.22. The number of hydrogen-bond acceptors (Lipinski definition) is 1. The van der Waals surface area contributed by atoms with Crippen LogP contribution in [0.2, 0.25) is 0 Å². The number of nitrogens with one attached hydrogen (secondary N) is 1. The van der Waals surface area contributed by atoms with E-state index in [1.54, 1.807) is 0 Å². The van der Waals surface area contributed by atoms with Crippen LogP contribution in [0.5, 0.6) is 0 Å². The molecule has 0 radical (unpaired) electrons. The third-order valence-corrected chi connectivity index (χ3v) is 4.03. The van der Waals surface area contributed by atoms with Gasteiger partial charge in [-0.1, -0.05) is 18.2 Å². The average Bonchev–Trinajstić information content (AvgIpc) is 2.64. The second kappa shape index (κ2) is 4.29. The van der Waals surface area contributed by atoms with Gasteiger partial charge in [0.05, 0.1) is 0 Å². The zero-order chi connectivity index (χ0) is 12.7. The molecule has 0 saturated carbocycles. The van der Waals surface area contributed by atoms with Crippen molar-refractivity contribution < 1.29 is 0 Å². The molecule has 0 bridgehead atoms. The molecule has 1 aromatic carbocycles. The van der Waals surface area contributed by atoms with Crippen LogP contribution in [0.3, 0.4) is 0 Å².